The zero-order chi connectivity index (χ0) is 13.8. The minimum atomic E-state index is -0.214. The Morgan fingerprint density at radius 1 is 1.42 bits per heavy atom. The van der Waals surface area contributed by atoms with E-state index >= 15 is 0 Å². The Balaban J connectivity index is 2.19. The van der Waals surface area contributed by atoms with Gasteiger partial charge in [-0.15, -0.1) is 0 Å². The third-order valence-electron chi connectivity index (χ3n) is 3.48. The van der Waals surface area contributed by atoms with Crippen LogP contribution in [-0.4, -0.2) is 34.0 Å². The number of rotatable bonds is 5. The first-order valence-electron chi connectivity index (χ1n) is 6.81. The number of hydrogen-bond donors (Lipinski definition) is 0. The lowest BCUT2D eigenvalue weighted by Crippen LogP contribution is -2.33. The molecule has 0 saturated carbocycles. The molecule has 1 heterocycles. The molecule has 19 heavy (non-hydrogen) atoms. The van der Waals surface area contributed by atoms with Gasteiger partial charge in [-0.3, -0.25) is 4.79 Å². The van der Waals surface area contributed by atoms with E-state index in [9.17, 15) is 4.79 Å². The summed E-state index contributed by atoms with van der Waals surface area (Å²) in [6, 6.07) is 7.68. The monoisotopic (exact) mass is 259 g/mol. The van der Waals surface area contributed by atoms with Crippen LogP contribution in [0.25, 0.3) is 11.0 Å². The summed E-state index contributed by atoms with van der Waals surface area (Å²) in [6.07, 6.45) is 3.89. The fourth-order valence-corrected chi connectivity index (χ4v) is 2.23. The number of fused-ring (bicyclic) bond motifs is 1. The summed E-state index contributed by atoms with van der Waals surface area (Å²) in [7, 11) is 1.87. The molecule has 0 aliphatic carbocycles. The summed E-state index contributed by atoms with van der Waals surface area (Å²) in [5.74, 6) is 0.136. The van der Waals surface area contributed by atoms with Crippen molar-refractivity contribution >= 4 is 16.9 Å². The van der Waals surface area contributed by atoms with E-state index in [2.05, 4.69) is 11.9 Å². The molecule has 0 aliphatic rings. The van der Waals surface area contributed by atoms with Gasteiger partial charge in [-0.25, -0.2) is 4.98 Å². The van der Waals surface area contributed by atoms with Gasteiger partial charge in [0.05, 0.1) is 17.4 Å². The van der Waals surface area contributed by atoms with Gasteiger partial charge in [-0.2, -0.15) is 0 Å². The first-order valence-corrected chi connectivity index (χ1v) is 6.81. The lowest BCUT2D eigenvalue weighted by Gasteiger charge is -2.22. The maximum atomic E-state index is 12.4. The zero-order valence-corrected chi connectivity index (χ0v) is 11.8. The smallest absolute Gasteiger partial charge is 0.245 e. The lowest BCUT2D eigenvalue weighted by molar-refractivity contribution is -0.132. The van der Waals surface area contributed by atoms with Gasteiger partial charge in [0.25, 0.3) is 0 Å². The summed E-state index contributed by atoms with van der Waals surface area (Å²) < 4.78 is 1.94. The summed E-state index contributed by atoms with van der Waals surface area (Å²) in [4.78, 5) is 18.5. The number of carbonyl (C=O) groups excluding carboxylic acids is 1. The second-order valence-electron chi connectivity index (χ2n) is 4.93. The minimum absolute atomic E-state index is 0.136. The van der Waals surface area contributed by atoms with E-state index < -0.39 is 0 Å². The number of nitrogens with zero attached hydrogens (tertiary/aromatic N) is 3. The lowest BCUT2D eigenvalue weighted by atomic mass is 10.2. The van der Waals surface area contributed by atoms with Crippen LogP contribution >= 0.6 is 0 Å². The Morgan fingerprint density at radius 2 is 2.16 bits per heavy atom. The predicted molar refractivity (Wildman–Crippen MR) is 77.0 cm³/mol. The highest BCUT2D eigenvalue weighted by molar-refractivity contribution is 5.83. The number of carbonyl (C=O) groups is 1. The number of benzene rings is 1. The molecule has 0 radical (unpaired) electrons. The molecule has 0 fully saturated rings. The molecule has 4 nitrogen and oxygen atoms in total. The largest absolute Gasteiger partial charge is 0.344 e. The van der Waals surface area contributed by atoms with Gasteiger partial charge >= 0.3 is 0 Å². The Bertz CT molecular complexity index is 561. The van der Waals surface area contributed by atoms with Crippen molar-refractivity contribution in [2.75, 3.05) is 13.6 Å². The molecule has 0 bridgehead atoms. The van der Waals surface area contributed by atoms with Crippen LogP contribution in [0.5, 0.6) is 0 Å². The number of amides is 1. The van der Waals surface area contributed by atoms with Crippen LogP contribution in [-0.2, 0) is 4.79 Å². The summed E-state index contributed by atoms with van der Waals surface area (Å²) in [5, 5.41) is 0. The SMILES string of the molecule is CCCCN(C)C(=O)[C@@H](C)n1cnc2ccccc21. The van der Waals surface area contributed by atoms with Crippen molar-refractivity contribution in [2.24, 2.45) is 0 Å². The van der Waals surface area contributed by atoms with Crippen LogP contribution in [0.4, 0.5) is 0 Å². The maximum absolute atomic E-state index is 12.4. The van der Waals surface area contributed by atoms with E-state index in [4.69, 9.17) is 0 Å². The number of hydrogen-bond acceptors (Lipinski definition) is 2. The highest BCUT2D eigenvalue weighted by Gasteiger charge is 2.20. The molecule has 0 aliphatic heterocycles. The molecule has 1 aromatic carbocycles. The van der Waals surface area contributed by atoms with Crippen LogP contribution in [0.2, 0.25) is 0 Å². The van der Waals surface area contributed by atoms with Gasteiger partial charge in [0, 0.05) is 13.6 Å². The first kappa shape index (κ1) is 13.6. The van der Waals surface area contributed by atoms with Gasteiger partial charge in [0.1, 0.15) is 6.04 Å². The highest BCUT2D eigenvalue weighted by atomic mass is 16.2. The standard InChI is InChI=1S/C15H21N3O/c1-4-5-10-17(3)15(19)12(2)18-11-16-13-8-6-7-9-14(13)18/h6-9,11-12H,4-5,10H2,1-3H3/t12-/m1/s1. The van der Waals surface area contributed by atoms with Crippen molar-refractivity contribution in [2.45, 2.75) is 32.7 Å². The second-order valence-corrected chi connectivity index (χ2v) is 4.93. The molecule has 2 aromatic rings. The molecule has 1 amide bonds. The van der Waals surface area contributed by atoms with Crippen LogP contribution in [0, 0.1) is 0 Å². The predicted octanol–water partition coefficient (Wildman–Crippen LogP) is 2.86. The van der Waals surface area contributed by atoms with E-state index in [-0.39, 0.29) is 11.9 Å². The Kier molecular flexibility index (Phi) is 4.20. The van der Waals surface area contributed by atoms with Crippen molar-refractivity contribution in [1.82, 2.24) is 14.5 Å². The topological polar surface area (TPSA) is 38.1 Å². The Labute approximate surface area is 114 Å². The summed E-state index contributed by atoms with van der Waals surface area (Å²) in [5.41, 5.74) is 1.94. The van der Waals surface area contributed by atoms with Crippen molar-refractivity contribution < 1.29 is 4.79 Å². The zero-order valence-electron chi connectivity index (χ0n) is 11.8. The molecule has 1 atom stereocenters. The summed E-state index contributed by atoms with van der Waals surface area (Å²) in [6.45, 7) is 4.87. The van der Waals surface area contributed by atoms with Gasteiger partial charge in [-0.1, -0.05) is 25.5 Å². The second kappa shape index (κ2) is 5.87. The highest BCUT2D eigenvalue weighted by Crippen LogP contribution is 2.18. The van der Waals surface area contributed by atoms with Crippen molar-refractivity contribution in [3.63, 3.8) is 0 Å². The van der Waals surface area contributed by atoms with E-state index in [1.807, 2.05) is 47.7 Å². The van der Waals surface area contributed by atoms with Crippen molar-refractivity contribution in [3.8, 4) is 0 Å². The third-order valence-corrected chi connectivity index (χ3v) is 3.48. The van der Waals surface area contributed by atoms with Crippen molar-refractivity contribution in [3.05, 3.63) is 30.6 Å². The molecular weight excluding hydrogens is 238 g/mol. The average molecular weight is 259 g/mol. The molecular formula is C15H21N3O. The van der Waals surface area contributed by atoms with Crippen LogP contribution in [0.1, 0.15) is 32.7 Å². The van der Waals surface area contributed by atoms with E-state index in [0.717, 1.165) is 30.4 Å². The molecule has 1 aromatic heterocycles. The van der Waals surface area contributed by atoms with Crippen molar-refractivity contribution in [1.29, 1.82) is 0 Å². The number of imidazole rings is 1. The maximum Gasteiger partial charge on any atom is 0.245 e. The fraction of sp³-hybridized carbons (Fsp3) is 0.467. The van der Waals surface area contributed by atoms with Gasteiger partial charge in [0.15, 0.2) is 0 Å². The molecule has 0 spiro atoms. The molecule has 102 valence electrons. The molecule has 0 unspecified atom stereocenters. The normalized spacial score (nSPS) is 12.6. The van der Waals surface area contributed by atoms with Crippen LogP contribution in [0.3, 0.4) is 0 Å². The van der Waals surface area contributed by atoms with Gasteiger partial charge in [-0.05, 0) is 25.5 Å². The fourth-order valence-electron chi connectivity index (χ4n) is 2.23. The summed E-state index contributed by atoms with van der Waals surface area (Å²) >= 11 is 0. The molecule has 0 N–H and O–H groups in total. The first-order chi connectivity index (χ1) is 9.15. The third kappa shape index (κ3) is 2.78. The number of likely N-dealkylation sites (N-methyl/N-ethyl adjacent to an activating group) is 1. The number of aromatic nitrogens is 2. The average Bonchev–Trinajstić information content (AvgIpc) is 2.87. The Hall–Kier alpha value is -1.84. The number of para-hydroxylation sites is 2. The molecule has 0 saturated heterocycles. The molecule has 2 rings (SSSR count). The van der Waals surface area contributed by atoms with E-state index in [1.165, 1.54) is 0 Å². The van der Waals surface area contributed by atoms with Gasteiger partial charge in [0.2, 0.25) is 5.91 Å². The minimum Gasteiger partial charge on any atom is -0.344 e. The van der Waals surface area contributed by atoms with Crippen LogP contribution in [0.15, 0.2) is 30.6 Å². The van der Waals surface area contributed by atoms with Gasteiger partial charge < -0.3 is 9.47 Å². The van der Waals surface area contributed by atoms with E-state index in [0.29, 0.717) is 0 Å². The Morgan fingerprint density at radius 3 is 2.89 bits per heavy atom. The number of unbranched alkanes of at least 4 members (excludes halogenated alkanes) is 1. The van der Waals surface area contributed by atoms with E-state index in [1.54, 1.807) is 6.33 Å². The quantitative estimate of drug-likeness (QED) is 0.828. The molecule has 4 heteroatoms. The van der Waals surface area contributed by atoms with Crippen LogP contribution < -0.4 is 0 Å².